The molecule has 2 atom stereocenters. The van der Waals surface area contributed by atoms with E-state index >= 15 is 0 Å². The zero-order valence-corrected chi connectivity index (χ0v) is 10.1. The Balaban J connectivity index is 2.92. The van der Waals surface area contributed by atoms with E-state index in [2.05, 4.69) is 33.8 Å². The third kappa shape index (κ3) is 2.08. The summed E-state index contributed by atoms with van der Waals surface area (Å²) in [6.07, 6.45) is 4.18. The van der Waals surface area contributed by atoms with Gasteiger partial charge in [-0.1, -0.05) is 32.4 Å². The molecule has 0 N–H and O–H groups in total. The summed E-state index contributed by atoms with van der Waals surface area (Å²) < 4.78 is 0. The van der Waals surface area contributed by atoms with E-state index in [9.17, 15) is 4.79 Å². The van der Waals surface area contributed by atoms with Crippen LogP contribution in [0.15, 0.2) is 11.6 Å². The zero-order valence-electron chi connectivity index (χ0n) is 10.1. The van der Waals surface area contributed by atoms with Crippen molar-refractivity contribution in [2.24, 2.45) is 17.3 Å². The molecule has 0 aromatic carbocycles. The highest BCUT2D eigenvalue weighted by molar-refractivity contribution is 5.76. The van der Waals surface area contributed by atoms with Gasteiger partial charge in [-0.15, -0.1) is 0 Å². The SMILES string of the molecule is CC(=O)C[C@@H]1C(C)=CC[C@H](C)C1(C)C. The lowest BCUT2D eigenvalue weighted by Crippen LogP contribution is -2.35. The average molecular weight is 194 g/mol. The topological polar surface area (TPSA) is 17.1 Å². The van der Waals surface area contributed by atoms with Crippen LogP contribution in [0.4, 0.5) is 0 Å². The number of hydrogen-bond acceptors (Lipinski definition) is 1. The summed E-state index contributed by atoms with van der Waals surface area (Å²) >= 11 is 0. The fourth-order valence-corrected chi connectivity index (χ4v) is 2.45. The Bertz CT molecular complexity index is 260. The van der Waals surface area contributed by atoms with Crippen molar-refractivity contribution in [3.8, 4) is 0 Å². The molecule has 0 fully saturated rings. The lowest BCUT2D eigenvalue weighted by atomic mass is 9.62. The minimum atomic E-state index is 0.268. The second kappa shape index (κ2) is 3.88. The fourth-order valence-electron chi connectivity index (χ4n) is 2.45. The molecule has 0 spiro atoms. The highest BCUT2D eigenvalue weighted by Gasteiger charge is 2.38. The Kier molecular flexibility index (Phi) is 3.18. The molecule has 0 bridgehead atoms. The van der Waals surface area contributed by atoms with Crippen molar-refractivity contribution in [1.82, 2.24) is 0 Å². The van der Waals surface area contributed by atoms with Crippen molar-refractivity contribution in [3.63, 3.8) is 0 Å². The van der Waals surface area contributed by atoms with Crippen molar-refractivity contribution in [1.29, 1.82) is 0 Å². The Morgan fingerprint density at radius 2 is 2.14 bits per heavy atom. The third-order valence-corrected chi connectivity index (χ3v) is 4.00. The first kappa shape index (κ1) is 11.5. The van der Waals surface area contributed by atoms with Gasteiger partial charge >= 0.3 is 0 Å². The van der Waals surface area contributed by atoms with E-state index in [0.717, 1.165) is 6.42 Å². The van der Waals surface area contributed by atoms with Crippen LogP contribution in [0.2, 0.25) is 0 Å². The molecule has 1 aliphatic rings. The molecule has 0 aromatic heterocycles. The van der Waals surface area contributed by atoms with Crippen LogP contribution < -0.4 is 0 Å². The molecule has 80 valence electrons. The average Bonchev–Trinajstić information content (AvgIpc) is 2.06. The smallest absolute Gasteiger partial charge is 0.130 e. The van der Waals surface area contributed by atoms with Gasteiger partial charge in [0.05, 0.1) is 0 Å². The molecule has 0 unspecified atom stereocenters. The standard InChI is InChI=1S/C13H22O/c1-9-6-7-10(2)13(4,5)12(9)8-11(3)14/h6,10,12H,7-8H2,1-5H3/t10-,12+/m0/s1. The van der Waals surface area contributed by atoms with Gasteiger partial charge in [-0.3, -0.25) is 0 Å². The normalized spacial score (nSPS) is 31.1. The Labute approximate surface area is 87.6 Å². The van der Waals surface area contributed by atoms with Crippen LogP contribution in [0.3, 0.4) is 0 Å². The maximum atomic E-state index is 11.2. The van der Waals surface area contributed by atoms with Crippen molar-refractivity contribution in [3.05, 3.63) is 11.6 Å². The van der Waals surface area contributed by atoms with Gasteiger partial charge in [0.25, 0.3) is 0 Å². The molecule has 0 aromatic rings. The van der Waals surface area contributed by atoms with E-state index in [0.29, 0.717) is 24.0 Å². The van der Waals surface area contributed by atoms with E-state index in [1.54, 1.807) is 6.92 Å². The number of hydrogen-bond donors (Lipinski definition) is 0. The second-order valence-electron chi connectivity index (χ2n) is 5.36. The number of ketones is 1. The van der Waals surface area contributed by atoms with Crippen LogP contribution >= 0.6 is 0 Å². The van der Waals surface area contributed by atoms with Crippen LogP contribution in [0.25, 0.3) is 0 Å². The molecule has 1 aliphatic carbocycles. The van der Waals surface area contributed by atoms with E-state index in [-0.39, 0.29) is 5.41 Å². The van der Waals surface area contributed by atoms with Crippen LogP contribution in [0, 0.1) is 17.3 Å². The van der Waals surface area contributed by atoms with Crippen LogP contribution in [0.1, 0.15) is 47.5 Å². The quantitative estimate of drug-likeness (QED) is 0.614. The van der Waals surface area contributed by atoms with E-state index < -0.39 is 0 Å². The summed E-state index contributed by atoms with van der Waals surface area (Å²) in [5.41, 5.74) is 1.67. The number of carbonyl (C=O) groups excluding carboxylic acids is 1. The first-order valence-corrected chi connectivity index (χ1v) is 5.51. The van der Waals surface area contributed by atoms with E-state index in [1.807, 2.05) is 0 Å². The number of carbonyl (C=O) groups is 1. The van der Waals surface area contributed by atoms with Crippen LogP contribution in [-0.4, -0.2) is 5.78 Å². The third-order valence-electron chi connectivity index (χ3n) is 4.00. The molecule has 1 rings (SSSR count). The lowest BCUT2D eigenvalue weighted by molar-refractivity contribution is -0.118. The predicted molar refractivity (Wildman–Crippen MR) is 60.1 cm³/mol. The summed E-state index contributed by atoms with van der Waals surface area (Å²) in [6.45, 7) is 10.7. The first-order chi connectivity index (χ1) is 6.35. The highest BCUT2D eigenvalue weighted by Crippen LogP contribution is 2.46. The molecule has 0 amide bonds. The maximum Gasteiger partial charge on any atom is 0.130 e. The van der Waals surface area contributed by atoms with Crippen LogP contribution in [0.5, 0.6) is 0 Å². The van der Waals surface area contributed by atoms with Gasteiger partial charge in [-0.25, -0.2) is 0 Å². The summed E-state index contributed by atoms with van der Waals surface area (Å²) in [5, 5.41) is 0. The molecule has 0 saturated carbocycles. The van der Waals surface area contributed by atoms with Gasteiger partial charge < -0.3 is 4.79 Å². The zero-order chi connectivity index (χ0) is 10.9. The minimum absolute atomic E-state index is 0.268. The summed E-state index contributed by atoms with van der Waals surface area (Å²) in [6, 6.07) is 0. The van der Waals surface area contributed by atoms with Gasteiger partial charge in [0, 0.05) is 6.42 Å². The van der Waals surface area contributed by atoms with Gasteiger partial charge in [0.1, 0.15) is 5.78 Å². The molecule has 0 heterocycles. The highest BCUT2D eigenvalue weighted by atomic mass is 16.1. The number of allylic oxidation sites excluding steroid dienone is 2. The van der Waals surface area contributed by atoms with Gasteiger partial charge in [-0.2, -0.15) is 0 Å². The van der Waals surface area contributed by atoms with E-state index in [4.69, 9.17) is 0 Å². The summed E-state index contributed by atoms with van der Waals surface area (Å²) in [5.74, 6) is 1.43. The number of Topliss-reactive ketones (excluding diaryl/α,β-unsaturated/α-hetero) is 1. The molecule has 0 saturated heterocycles. The molecule has 0 aliphatic heterocycles. The molecular formula is C13H22O. The van der Waals surface area contributed by atoms with Crippen molar-refractivity contribution < 1.29 is 4.79 Å². The molecule has 14 heavy (non-hydrogen) atoms. The van der Waals surface area contributed by atoms with Gasteiger partial charge in [0.2, 0.25) is 0 Å². The Morgan fingerprint density at radius 3 is 2.64 bits per heavy atom. The molecular weight excluding hydrogens is 172 g/mol. The predicted octanol–water partition coefficient (Wildman–Crippen LogP) is 3.59. The molecule has 0 radical (unpaired) electrons. The van der Waals surface area contributed by atoms with Gasteiger partial charge in [-0.05, 0) is 37.5 Å². The molecule has 1 nitrogen and oxygen atoms in total. The summed E-state index contributed by atoms with van der Waals surface area (Å²) in [4.78, 5) is 11.2. The second-order valence-corrected chi connectivity index (χ2v) is 5.36. The van der Waals surface area contributed by atoms with Crippen molar-refractivity contribution >= 4 is 5.78 Å². The Morgan fingerprint density at radius 1 is 1.57 bits per heavy atom. The fraction of sp³-hybridized carbons (Fsp3) is 0.769. The molecule has 1 heteroatoms. The van der Waals surface area contributed by atoms with Crippen molar-refractivity contribution in [2.45, 2.75) is 47.5 Å². The Hall–Kier alpha value is -0.590. The largest absolute Gasteiger partial charge is 0.300 e. The lowest BCUT2D eigenvalue weighted by Gasteiger charge is -2.43. The van der Waals surface area contributed by atoms with E-state index in [1.165, 1.54) is 5.57 Å². The monoisotopic (exact) mass is 194 g/mol. The number of rotatable bonds is 2. The maximum absolute atomic E-state index is 11.2. The summed E-state index contributed by atoms with van der Waals surface area (Å²) in [7, 11) is 0. The first-order valence-electron chi connectivity index (χ1n) is 5.51. The van der Waals surface area contributed by atoms with Crippen LogP contribution in [-0.2, 0) is 4.79 Å². The van der Waals surface area contributed by atoms with Crippen molar-refractivity contribution in [2.75, 3.05) is 0 Å². The van der Waals surface area contributed by atoms with Gasteiger partial charge in [0.15, 0.2) is 0 Å². The minimum Gasteiger partial charge on any atom is -0.300 e.